The number of benzene rings is 1. The van der Waals surface area contributed by atoms with Crippen molar-refractivity contribution in [3.05, 3.63) is 35.2 Å². The first-order valence-electron chi connectivity index (χ1n) is 9.43. The van der Waals surface area contributed by atoms with Crippen LogP contribution >= 0.6 is 47.3 Å². The van der Waals surface area contributed by atoms with Crippen molar-refractivity contribution in [2.45, 2.75) is 31.9 Å². The maximum Gasteiger partial charge on any atom is 0.228 e. The molecule has 0 aliphatic carbocycles. The van der Waals surface area contributed by atoms with Crippen LogP contribution in [0, 0.1) is 0 Å². The minimum Gasteiger partial charge on any atom is -0.357 e. The molecule has 6 nitrogen and oxygen atoms in total. The summed E-state index contributed by atoms with van der Waals surface area (Å²) in [6.45, 7) is 7.90. The van der Waals surface area contributed by atoms with E-state index in [0.717, 1.165) is 36.9 Å². The first-order chi connectivity index (χ1) is 13.2. The van der Waals surface area contributed by atoms with Crippen LogP contribution in [0.5, 0.6) is 0 Å². The van der Waals surface area contributed by atoms with Gasteiger partial charge in [-0.15, -0.1) is 24.0 Å². The van der Waals surface area contributed by atoms with Crippen molar-refractivity contribution in [3.63, 3.8) is 0 Å². The van der Waals surface area contributed by atoms with Crippen LogP contribution in [0.1, 0.15) is 26.2 Å². The van der Waals surface area contributed by atoms with Crippen molar-refractivity contribution in [1.29, 1.82) is 0 Å². The minimum atomic E-state index is 0. The fourth-order valence-electron chi connectivity index (χ4n) is 2.94. The molecule has 1 aliphatic rings. The van der Waals surface area contributed by atoms with Crippen LogP contribution in [0.25, 0.3) is 11.4 Å². The molecule has 1 fully saturated rings. The van der Waals surface area contributed by atoms with Gasteiger partial charge in [-0.05, 0) is 25.5 Å². The summed E-state index contributed by atoms with van der Waals surface area (Å²) in [7, 11) is 0. The lowest BCUT2D eigenvalue weighted by molar-refractivity contribution is 0.379. The Morgan fingerprint density at radius 3 is 3.04 bits per heavy atom. The zero-order chi connectivity index (χ0) is 19.1. The van der Waals surface area contributed by atoms with Crippen molar-refractivity contribution < 1.29 is 4.52 Å². The van der Waals surface area contributed by atoms with Crippen LogP contribution in [-0.2, 0) is 6.42 Å². The minimum absolute atomic E-state index is 0. The smallest absolute Gasteiger partial charge is 0.228 e. The molecule has 9 heteroatoms. The third kappa shape index (κ3) is 6.52. The number of nitrogens with one attached hydrogen (secondary N) is 1. The van der Waals surface area contributed by atoms with E-state index >= 15 is 0 Å². The molecular weight excluding hydrogens is 509 g/mol. The highest BCUT2D eigenvalue weighted by atomic mass is 127. The lowest BCUT2D eigenvalue weighted by Crippen LogP contribution is -2.48. The number of halogens is 2. The maximum absolute atomic E-state index is 6.03. The largest absolute Gasteiger partial charge is 0.357 e. The summed E-state index contributed by atoms with van der Waals surface area (Å²) in [6, 6.07) is 7.45. The van der Waals surface area contributed by atoms with Crippen LogP contribution in [-0.4, -0.2) is 58.2 Å². The van der Waals surface area contributed by atoms with E-state index in [1.54, 1.807) is 0 Å². The molecule has 28 heavy (non-hydrogen) atoms. The third-order valence-corrected chi connectivity index (χ3v) is 5.97. The van der Waals surface area contributed by atoms with E-state index in [1.807, 2.05) is 24.3 Å². The van der Waals surface area contributed by atoms with E-state index in [4.69, 9.17) is 21.1 Å². The van der Waals surface area contributed by atoms with Crippen LogP contribution in [0.3, 0.4) is 0 Å². The number of nitrogens with zero attached hydrogens (tertiary/aromatic N) is 4. The summed E-state index contributed by atoms with van der Waals surface area (Å²) in [5.41, 5.74) is 0.853. The van der Waals surface area contributed by atoms with Gasteiger partial charge in [0.25, 0.3) is 0 Å². The van der Waals surface area contributed by atoms with Gasteiger partial charge in [0.05, 0.1) is 6.54 Å². The van der Waals surface area contributed by atoms with Gasteiger partial charge in [0, 0.05) is 47.6 Å². The maximum atomic E-state index is 6.03. The molecule has 154 valence electrons. The number of aliphatic imine (C=N–C) groups is 1. The van der Waals surface area contributed by atoms with Crippen molar-refractivity contribution in [2.24, 2.45) is 4.99 Å². The van der Waals surface area contributed by atoms with E-state index in [-0.39, 0.29) is 24.0 Å². The normalized spacial score (nSPS) is 17.3. The first kappa shape index (κ1) is 23.3. The van der Waals surface area contributed by atoms with E-state index in [1.165, 1.54) is 6.42 Å². The van der Waals surface area contributed by atoms with Crippen LogP contribution in [0.2, 0.25) is 5.02 Å². The summed E-state index contributed by atoms with van der Waals surface area (Å²) >= 11 is 8.08. The molecule has 1 aromatic carbocycles. The van der Waals surface area contributed by atoms with Gasteiger partial charge in [-0.3, -0.25) is 4.99 Å². The topological polar surface area (TPSA) is 66.5 Å². The summed E-state index contributed by atoms with van der Waals surface area (Å²) in [6.07, 6.45) is 1.80. The van der Waals surface area contributed by atoms with E-state index < -0.39 is 0 Å². The highest BCUT2D eigenvalue weighted by Gasteiger charge is 2.21. The summed E-state index contributed by atoms with van der Waals surface area (Å²) < 4.78 is 5.37. The number of thioether (sulfide) groups is 1. The molecule has 1 aromatic heterocycles. The summed E-state index contributed by atoms with van der Waals surface area (Å²) in [5, 5.41) is 8.79. The monoisotopic (exact) mass is 535 g/mol. The Hall–Kier alpha value is -1.000. The van der Waals surface area contributed by atoms with Gasteiger partial charge in [-0.2, -0.15) is 16.7 Å². The fourth-order valence-corrected chi connectivity index (χ4v) is 4.31. The molecule has 0 amide bonds. The van der Waals surface area contributed by atoms with Crippen molar-refractivity contribution in [3.8, 4) is 11.4 Å². The number of hydrogen-bond acceptors (Lipinski definition) is 5. The summed E-state index contributed by atoms with van der Waals surface area (Å²) in [5.74, 6) is 3.27. The standard InChI is InChI=1S/C19H26ClN5OS.HI/c1-3-16-13-25(10-11-27-16)19(21-4-2)22-9-8-17-23-18(24-26-17)14-6-5-7-15(20)12-14;/h5-7,12,16H,3-4,8-11,13H2,1-2H3,(H,21,22);1H. The zero-order valence-corrected chi connectivity index (χ0v) is 20.1. The molecule has 2 aromatic rings. The van der Waals surface area contributed by atoms with Gasteiger partial charge in [0.1, 0.15) is 0 Å². The molecule has 0 radical (unpaired) electrons. The molecular formula is C19H27ClIN5OS. The van der Waals surface area contributed by atoms with Crippen molar-refractivity contribution in [2.75, 3.05) is 31.9 Å². The van der Waals surface area contributed by atoms with Gasteiger partial charge in [0.2, 0.25) is 11.7 Å². The Kier molecular flexibility index (Phi) is 9.87. The molecule has 1 unspecified atom stereocenters. The van der Waals surface area contributed by atoms with E-state index in [2.05, 4.69) is 46.0 Å². The first-order valence-corrected chi connectivity index (χ1v) is 10.9. The second kappa shape index (κ2) is 11.9. The Balaban J connectivity index is 0.00000280. The molecule has 1 atom stereocenters. The predicted octanol–water partition coefficient (Wildman–Crippen LogP) is 4.34. The van der Waals surface area contributed by atoms with Gasteiger partial charge in [-0.25, -0.2) is 0 Å². The van der Waals surface area contributed by atoms with Crippen molar-refractivity contribution >= 4 is 53.3 Å². The molecule has 1 saturated heterocycles. The van der Waals surface area contributed by atoms with Crippen LogP contribution < -0.4 is 5.32 Å². The van der Waals surface area contributed by atoms with Gasteiger partial charge < -0.3 is 14.7 Å². The molecule has 0 bridgehead atoms. The van der Waals surface area contributed by atoms with Gasteiger partial charge in [-0.1, -0.05) is 35.8 Å². The van der Waals surface area contributed by atoms with Crippen molar-refractivity contribution in [1.82, 2.24) is 20.4 Å². The highest BCUT2D eigenvalue weighted by molar-refractivity contribution is 14.0. The number of guanidine groups is 1. The van der Waals surface area contributed by atoms with Crippen LogP contribution in [0.4, 0.5) is 0 Å². The number of hydrogen-bond donors (Lipinski definition) is 1. The van der Waals surface area contributed by atoms with Gasteiger partial charge in [0.15, 0.2) is 5.96 Å². The molecule has 1 aliphatic heterocycles. The molecule has 0 spiro atoms. The van der Waals surface area contributed by atoms with E-state index in [9.17, 15) is 0 Å². The zero-order valence-electron chi connectivity index (χ0n) is 16.2. The average Bonchev–Trinajstić information content (AvgIpc) is 3.16. The number of rotatable bonds is 6. The molecule has 3 rings (SSSR count). The Bertz CT molecular complexity index is 772. The predicted molar refractivity (Wildman–Crippen MR) is 128 cm³/mol. The molecule has 2 heterocycles. The SMILES string of the molecule is CCNC(=NCCc1nc(-c2cccc(Cl)c2)no1)N1CCSC(CC)C1.I. The molecule has 1 N–H and O–H groups in total. The van der Waals surface area contributed by atoms with Gasteiger partial charge >= 0.3 is 0 Å². The Labute approximate surface area is 192 Å². The lowest BCUT2D eigenvalue weighted by atomic mass is 10.2. The van der Waals surface area contributed by atoms with E-state index in [0.29, 0.717) is 35.0 Å². The number of aromatic nitrogens is 2. The molecule has 0 saturated carbocycles. The Morgan fingerprint density at radius 1 is 1.43 bits per heavy atom. The summed E-state index contributed by atoms with van der Waals surface area (Å²) in [4.78, 5) is 11.6. The average molecular weight is 536 g/mol. The fraction of sp³-hybridized carbons (Fsp3) is 0.526. The second-order valence-corrected chi connectivity index (χ2v) is 8.20. The van der Waals surface area contributed by atoms with Crippen LogP contribution in [0.15, 0.2) is 33.8 Å². The Morgan fingerprint density at radius 2 is 2.29 bits per heavy atom. The lowest BCUT2D eigenvalue weighted by Gasteiger charge is -2.34. The second-order valence-electron chi connectivity index (χ2n) is 6.35. The highest BCUT2D eigenvalue weighted by Crippen LogP contribution is 2.21. The quantitative estimate of drug-likeness (QED) is 0.337. The third-order valence-electron chi connectivity index (χ3n) is 4.37.